The van der Waals surface area contributed by atoms with Crippen LogP contribution in [0.3, 0.4) is 0 Å². The molecule has 1 amide bonds. The number of hydrogen-bond acceptors (Lipinski definition) is 5. The average Bonchev–Trinajstić information content (AvgIpc) is 3.40. The highest BCUT2D eigenvalue weighted by molar-refractivity contribution is 7.15. The predicted molar refractivity (Wildman–Crippen MR) is 131 cm³/mol. The highest BCUT2D eigenvalue weighted by Gasteiger charge is 2.27. The van der Waals surface area contributed by atoms with E-state index in [1.165, 1.54) is 29.5 Å². The van der Waals surface area contributed by atoms with Gasteiger partial charge in [-0.25, -0.2) is 13.9 Å². The van der Waals surface area contributed by atoms with Crippen LogP contribution in [-0.2, 0) is 4.74 Å². The van der Waals surface area contributed by atoms with Crippen molar-refractivity contribution in [2.75, 3.05) is 5.32 Å². The lowest BCUT2D eigenvalue weighted by Crippen LogP contribution is -2.25. The SMILES string of the molecule is CC(C)(C)OC(=O)c1c(-c2cnn(-c3ccc(Cl)cc3)c2)csc1NC(=O)c1cccc(F)c1. The van der Waals surface area contributed by atoms with Gasteiger partial charge in [0.05, 0.1) is 11.9 Å². The molecule has 0 atom stereocenters. The summed E-state index contributed by atoms with van der Waals surface area (Å²) in [6.45, 7) is 5.29. The van der Waals surface area contributed by atoms with Crippen LogP contribution < -0.4 is 5.32 Å². The van der Waals surface area contributed by atoms with E-state index in [0.717, 1.165) is 11.8 Å². The number of carbonyl (C=O) groups is 2. The fraction of sp³-hybridized carbons (Fsp3) is 0.160. The summed E-state index contributed by atoms with van der Waals surface area (Å²) in [4.78, 5) is 25.9. The van der Waals surface area contributed by atoms with Crippen molar-refractivity contribution in [3.05, 3.63) is 88.3 Å². The largest absolute Gasteiger partial charge is 0.456 e. The Bertz CT molecular complexity index is 1360. The highest BCUT2D eigenvalue weighted by atomic mass is 35.5. The molecule has 4 aromatic rings. The number of benzene rings is 2. The Morgan fingerprint density at radius 1 is 1.15 bits per heavy atom. The summed E-state index contributed by atoms with van der Waals surface area (Å²) < 4.78 is 20.9. The molecule has 0 aliphatic rings. The van der Waals surface area contributed by atoms with Crippen LogP contribution in [0, 0.1) is 5.82 Å². The first kappa shape index (κ1) is 23.7. The number of carbonyl (C=O) groups excluding carboxylic acids is 2. The van der Waals surface area contributed by atoms with Crippen molar-refractivity contribution in [3.8, 4) is 16.8 Å². The molecule has 0 spiro atoms. The molecule has 0 unspecified atom stereocenters. The molecule has 0 bridgehead atoms. The van der Waals surface area contributed by atoms with E-state index in [0.29, 0.717) is 21.2 Å². The molecular weight excluding hydrogens is 477 g/mol. The molecule has 2 aromatic carbocycles. The minimum Gasteiger partial charge on any atom is -0.456 e. The number of aromatic nitrogens is 2. The minimum absolute atomic E-state index is 0.139. The molecule has 1 N–H and O–H groups in total. The lowest BCUT2D eigenvalue weighted by molar-refractivity contribution is 0.00721. The van der Waals surface area contributed by atoms with Gasteiger partial charge in [-0.3, -0.25) is 4.79 Å². The first-order valence-electron chi connectivity index (χ1n) is 10.3. The number of rotatable bonds is 5. The van der Waals surface area contributed by atoms with Crippen molar-refractivity contribution < 1.29 is 18.7 Å². The Morgan fingerprint density at radius 3 is 2.56 bits per heavy atom. The van der Waals surface area contributed by atoms with Gasteiger partial charge in [0.2, 0.25) is 0 Å². The zero-order valence-corrected chi connectivity index (χ0v) is 20.2. The number of anilines is 1. The molecule has 34 heavy (non-hydrogen) atoms. The number of thiophene rings is 1. The van der Waals surface area contributed by atoms with Gasteiger partial charge in [0, 0.05) is 33.3 Å². The van der Waals surface area contributed by atoms with Crippen LogP contribution in [0.25, 0.3) is 16.8 Å². The van der Waals surface area contributed by atoms with Crippen molar-refractivity contribution in [3.63, 3.8) is 0 Å². The Morgan fingerprint density at radius 2 is 1.88 bits per heavy atom. The van der Waals surface area contributed by atoms with Gasteiger partial charge in [0.25, 0.3) is 5.91 Å². The van der Waals surface area contributed by atoms with Crippen molar-refractivity contribution in [1.29, 1.82) is 0 Å². The van der Waals surface area contributed by atoms with Crippen LogP contribution in [0.15, 0.2) is 66.3 Å². The molecule has 0 radical (unpaired) electrons. The van der Waals surface area contributed by atoms with E-state index >= 15 is 0 Å². The molecule has 9 heteroatoms. The number of hydrogen-bond donors (Lipinski definition) is 1. The maximum atomic E-state index is 13.6. The van der Waals surface area contributed by atoms with Crippen molar-refractivity contribution in [1.82, 2.24) is 9.78 Å². The van der Waals surface area contributed by atoms with Crippen LogP contribution in [0.2, 0.25) is 5.02 Å². The van der Waals surface area contributed by atoms with E-state index in [4.69, 9.17) is 16.3 Å². The minimum atomic E-state index is -0.742. The molecule has 0 aliphatic heterocycles. The fourth-order valence-electron chi connectivity index (χ4n) is 3.20. The summed E-state index contributed by atoms with van der Waals surface area (Å²) in [6, 6.07) is 12.5. The number of nitrogens with zero attached hydrogens (tertiary/aromatic N) is 2. The van der Waals surface area contributed by atoms with Crippen LogP contribution in [0.4, 0.5) is 9.39 Å². The number of nitrogens with one attached hydrogen (secondary N) is 1. The molecule has 2 aromatic heterocycles. The third-order valence-electron chi connectivity index (χ3n) is 4.69. The second kappa shape index (κ2) is 9.40. The zero-order chi connectivity index (χ0) is 24.5. The monoisotopic (exact) mass is 497 g/mol. The van der Waals surface area contributed by atoms with Gasteiger partial charge in [-0.15, -0.1) is 11.3 Å². The normalized spacial score (nSPS) is 11.3. The van der Waals surface area contributed by atoms with Gasteiger partial charge >= 0.3 is 5.97 Å². The zero-order valence-electron chi connectivity index (χ0n) is 18.6. The summed E-state index contributed by atoms with van der Waals surface area (Å²) in [5, 5.41) is 9.79. The molecule has 6 nitrogen and oxygen atoms in total. The standard InChI is InChI=1S/C25H21ClFN3O3S/c1-25(2,3)33-24(32)21-20(16-12-28-30(13-16)19-9-7-17(26)8-10-19)14-34-23(21)29-22(31)15-5-4-6-18(27)11-15/h4-14H,1-3H3,(H,29,31). The van der Waals surface area contributed by atoms with E-state index in [-0.39, 0.29) is 11.1 Å². The Balaban J connectivity index is 1.71. The lowest BCUT2D eigenvalue weighted by Gasteiger charge is -2.20. The van der Waals surface area contributed by atoms with Gasteiger partial charge in [-0.2, -0.15) is 5.10 Å². The van der Waals surface area contributed by atoms with E-state index in [9.17, 15) is 14.0 Å². The molecule has 0 saturated carbocycles. The van der Waals surface area contributed by atoms with Crippen LogP contribution in [0.5, 0.6) is 0 Å². The summed E-state index contributed by atoms with van der Waals surface area (Å²) >= 11 is 7.15. The predicted octanol–water partition coefficient (Wildman–Crippen LogP) is 6.60. The van der Waals surface area contributed by atoms with Gasteiger partial charge in [-0.05, 0) is 63.2 Å². The summed E-state index contributed by atoms with van der Waals surface area (Å²) in [6.07, 6.45) is 3.40. The quantitative estimate of drug-likeness (QED) is 0.315. The number of esters is 1. The van der Waals surface area contributed by atoms with E-state index in [1.54, 1.807) is 55.4 Å². The second-order valence-corrected chi connectivity index (χ2v) is 9.79. The third kappa shape index (κ3) is 5.35. The third-order valence-corrected chi connectivity index (χ3v) is 5.84. The fourth-order valence-corrected chi connectivity index (χ4v) is 4.27. The summed E-state index contributed by atoms with van der Waals surface area (Å²) in [7, 11) is 0. The van der Waals surface area contributed by atoms with Crippen LogP contribution >= 0.6 is 22.9 Å². The van der Waals surface area contributed by atoms with Crippen molar-refractivity contribution in [2.45, 2.75) is 26.4 Å². The Kier molecular flexibility index (Phi) is 6.54. The molecular formula is C25H21ClFN3O3S. The first-order chi connectivity index (χ1) is 16.1. The smallest absolute Gasteiger partial charge is 0.342 e. The van der Waals surface area contributed by atoms with E-state index in [1.807, 2.05) is 12.1 Å². The lowest BCUT2D eigenvalue weighted by atomic mass is 10.1. The van der Waals surface area contributed by atoms with E-state index < -0.39 is 23.3 Å². The Labute approximate surface area is 204 Å². The van der Waals surface area contributed by atoms with Gasteiger partial charge < -0.3 is 10.1 Å². The molecule has 174 valence electrons. The maximum absolute atomic E-state index is 13.6. The van der Waals surface area contributed by atoms with Crippen molar-refractivity contribution in [2.24, 2.45) is 0 Å². The highest BCUT2D eigenvalue weighted by Crippen LogP contribution is 2.37. The second-order valence-electron chi connectivity index (χ2n) is 8.47. The average molecular weight is 498 g/mol. The van der Waals surface area contributed by atoms with Crippen LogP contribution in [-0.4, -0.2) is 27.3 Å². The Hall–Kier alpha value is -3.49. The molecule has 0 fully saturated rings. The number of halogens is 2. The molecule has 4 rings (SSSR count). The summed E-state index contributed by atoms with van der Waals surface area (Å²) in [5.74, 6) is -1.64. The van der Waals surface area contributed by atoms with E-state index in [2.05, 4.69) is 10.4 Å². The number of ether oxygens (including phenoxy) is 1. The van der Waals surface area contributed by atoms with Gasteiger partial charge in [-0.1, -0.05) is 17.7 Å². The molecule has 0 aliphatic carbocycles. The van der Waals surface area contributed by atoms with Gasteiger partial charge in [0.15, 0.2) is 0 Å². The molecule has 2 heterocycles. The summed E-state index contributed by atoms with van der Waals surface area (Å²) in [5.41, 5.74) is 1.63. The van der Waals surface area contributed by atoms with Crippen LogP contribution in [0.1, 0.15) is 41.5 Å². The van der Waals surface area contributed by atoms with Gasteiger partial charge in [0.1, 0.15) is 22.0 Å². The molecule has 0 saturated heterocycles. The number of amides is 1. The maximum Gasteiger partial charge on any atom is 0.342 e. The van der Waals surface area contributed by atoms with Crippen molar-refractivity contribution >= 4 is 39.8 Å². The first-order valence-corrected chi connectivity index (χ1v) is 11.6. The topological polar surface area (TPSA) is 73.2 Å².